The summed E-state index contributed by atoms with van der Waals surface area (Å²) >= 11 is 0. The quantitative estimate of drug-likeness (QED) is 0.420. The first kappa shape index (κ1) is 25.3. The van der Waals surface area contributed by atoms with Crippen molar-refractivity contribution in [3.8, 4) is 5.75 Å². The van der Waals surface area contributed by atoms with E-state index in [4.69, 9.17) is 4.74 Å². The second kappa shape index (κ2) is 10.2. The Labute approximate surface area is 216 Å². The van der Waals surface area contributed by atoms with Crippen LogP contribution < -0.4 is 20.7 Å². The summed E-state index contributed by atoms with van der Waals surface area (Å²) in [7, 11) is 1.43. The van der Waals surface area contributed by atoms with Gasteiger partial charge in [-0.05, 0) is 42.2 Å². The summed E-state index contributed by atoms with van der Waals surface area (Å²) < 4.78 is 46.6. The molecule has 1 aromatic heterocycles. The van der Waals surface area contributed by atoms with Gasteiger partial charge in [-0.3, -0.25) is 9.59 Å². The average molecular weight is 527 g/mol. The molecule has 3 N–H and O–H groups in total. The van der Waals surface area contributed by atoms with Crippen LogP contribution in [0.2, 0.25) is 0 Å². The third-order valence-corrected chi connectivity index (χ3v) is 6.53. The van der Waals surface area contributed by atoms with Gasteiger partial charge in [0.25, 0.3) is 11.8 Å². The monoisotopic (exact) mass is 526 g/mol. The molecule has 1 saturated heterocycles. The first-order chi connectivity index (χ1) is 18.2. The zero-order valence-corrected chi connectivity index (χ0v) is 20.5. The molecule has 38 heavy (non-hydrogen) atoms. The number of methoxy groups -OCH3 is 1. The van der Waals surface area contributed by atoms with Gasteiger partial charge in [0.05, 0.1) is 12.8 Å². The normalized spacial score (nSPS) is 14.7. The first-order valence-electron chi connectivity index (χ1n) is 12.1. The van der Waals surface area contributed by atoms with Crippen LogP contribution in [-0.4, -0.2) is 46.9 Å². The molecule has 0 bridgehead atoms. The third kappa shape index (κ3) is 5.06. The fraction of sp³-hybridized carbons (Fsp3) is 0.308. The number of amides is 2. The number of carbonyl (C=O) groups excluding carboxylic acids is 2. The highest BCUT2D eigenvalue weighted by atomic mass is 19.4. The molecule has 0 saturated carbocycles. The summed E-state index contributed by atoms with van der Waals surface area (Å²) in [5, 5.41) is 8.32. The van der Waals surface area contributed by atoms with Gasteiger partial charge < -0.3 is 25.6 Å². The standard InChI is InChI=1S/C26H25F3N6O3/c1-38-20-11-15(24(37)35-9-2-3-10-35)7-8-19(20)33-25-32-14-18(26(27,28)29)22(34-25)30-12-16-5-4-6-17-13-31-23(36)21(16)17/h4-8,11,14H,2-3,9-10,12-13H2,1H3,(H,31,36)(H2,30,32,33,34). The number of ether oxygens (including phenoxy) is 1. The van der Waals surface area contributed by atoms with E-state index in [1.807, 2.05) is 0 Å². The topological polar surface area (TPSA) is 108 Å². The van der Waals surface area contributed by atoms with Crippen LogP contribution in [0.25, 0.3) is 0 Å². The molecule has 2 amide bonds. The maximum atomic E-state index is 13.7. The number of hydrogen-bond donors (Lipinski definition) is 3. The van der Waals surface area contributed by atoms with Gasteiger partial charge in [-0.2, -0.15) is 18.2 Å². The molecule has 3 heterocycles. The number of aromatic nitrogens is 2. The van der Waals surface area contributed by atoms with Crippen LogP contribution in [0.15, 0.2) is 42.6 Å². The van der Waals surface area contributed by atoms with Crippen LogP contribution in [0, 0.1) is 0 Å². The highest BCUT2D eigenvalue weighted by molar-refractivity contribution is 5.99. The van der Waals surface area contributed by atoms with Crippen molar-refractivity contribution in [1.82, 2.24) is 20.2 Å². The van der Waals surface area contributed by atoms with Crippen LogP contribution in [0.5, 0.6) is 5.75 Å². The number of fused-ring (bicyclic) bond motifs is 1. The molecule has 9 nitrogen and oxygen atoms in total. The van der Waals surface area contributed by atoms with Crippen LogP contribution in [0.1, 0.15) is 50.2 Å². The Kier molecular flexibility index (Phi) is 6.79. The fourth-order valence-electron chi connectivity index (χ4n) is 4.62. The summed E-state index contributed by atoms with van der Waals surface area (Å²) in [6.07, 6.45) is -2.09. The number of anilines is 3. The summed E-state index contributed by atoms with van der Waals surface area (Å²) in [5.41, 5.74) is 1.58. The molecule has 0 unspecified atom stereocenters. The minimum Gasteiger partial charge on any atom is -0.495 e. The molecule has 5 rings (SSSR count). The third-order valence-electron chi connectivity index (χ3n) is 6.53. The van der Waals surface area contributed by atoms with Crippen molar-refractivity contribution in [2.75, 3.05) is 30.8 Å². The molecular formula is C26H25F3N6O3. The van der Waals surface area contributed by atoms with Gasteiger partial charge in [-0.1, -0.05) is 18.2 Å². The van der Waals surface area contributed by atoms with E-state index in [0.29, 0.717) is 54.0 Å². The number of alkyl halides is 3. The average Bonchev–Trinajstić information content (AvgIpc) is 3.57. The molecule has 2 aliphatic rings. The number of rotatable bonds is 7. The number of halogens is 3. The molecule has 0 radical (unpaired) electrons. The molecule has 12 heteroatoms. The second-order valence-corrected chi connectivity index (χ2v) is 8.98. The van der Waals surface area contributed by atoms with Gasteiger partial charge in [0.2, 0.25) is 5.95 Å². The van der Waals surface area contributed by atoms with E-state index in [9.17, 15) is 22.8 Å². The van der Waals surface area contributed by atoms with Crippen molar-refractivity contribution in [2.24, 2.45) is 0 Å². The highest BCUT2D eigenvalue weighted by Crippen LogP contribution is 2.35. The molecule has 2 aliphatic heterocycles. The Morgan fingerprint density at radius 3 is 2.71 bits per heavy atom. The number of carbonyl (C=O) groups is 2. The van der Waals surface area contributed by atoms with E-state index in [-0.39, 0.29) is 24.3 Å². The predicted molar refractivity (Wildman–Crippen MR) is 133 cm³/mol. The van der Waals surface area contributed by atoms with E-state index >= 15 is 0 Å². The van der Waals surface area contributed by atoms with E-state index in [1.54, 1.807) is 41.3 Å². The smallest absolute Gasteiger partial charge is 0.421 e. The summed E-state index contributed by atoms with van der Waals surface area (Å²) in [6, 6.07) is 10.0. The minimum atomic E-state index is -4.70. The highest BCUT2D eigenvalue weighted by Gasteiger charge is 2.35. The van der Waals surface area contributed by atoms with Crippen LogP contribution in [0.3, 0.4) is 0 Å². The molecule has 1 fully saturated rings. The van der Waals surface area contributed by atoms with Gasteiger partial charge in [-0.15, -0.1) is 0 Å². The summed E-state index contributed by atoms with van der Waals surface area (Å²) in [5.74, 6) is -0.596. The molecular weight excluding hydrogens is 501 g/mol. The lowest BCUT2D eigenvalue weighted by atomic mass is 10.0. The van der Waals surface area contributed by atoms with E-state index in [1.165, 1.54) is 7.11 Å². The summed E-state index contributed by atoms with van der Waals surface area (Å²) in [6.45, 7) is 1.73. The molecule has 0 spiro atoms. The van der Waals surface area contributed by atoms with Crippen LogP contribution in [0.4, 0.5) is 30.6 Å². The maximum Gasteiger partial charge on any atom is 0.421 e. The number of benzene rings is 2. The van der Waals surface area contributed by atoms with Gasteiger partial charge in [0.15, 0.2) is 0 Å². The zero-order chi connectivity index (χ0) is 26.9. The SMILES string of the molecule is COc1cc(C(=O)N2CCCC2)ccc1Nc1ncc(C(F)(F)F)c(NCc2cccc3c2C(=O)NC3)n1. The van der Waals surface area contributed by atoms with Crippen molar-refractivity contribution in [3.63, 3.8) is 0 Å². The van der Waals surface area contributed by atoms with Crippen molar-refractivity contribution in [2.45, 2.75) is 32.1 Å². The van der Waals surface area contributed by atoms with E-state index < -0.39 is 17.6 Å². The Morgan fingerprint density at radius 1 is 1.18 bits per heavy atom. The molecule has 2 aromatic carbocycles. The minimum absolute atomic E-state index is 0.0489. The lowest BCUT2D eigenvalue weighted by molar-refractivity contribution is -0.137. The lowest BCUT2D eigenvalue weighted by Crippen LogP contribution is -2.27. The molecule has 198 valence electrons. The van der Waals surface area contributed by atoms with Gasteiger partial charge in [0, 0.05) is 43.5 Å². The van der Waals surface area contributed by atoms with Crippen LogP contribution >= 0.6 is 0 Å². The Balaban J connectivity index is 1.40. The van der Waals surface area contributed by atoms with Crippen molar-refractivity contribution in [3.05, 3.63) is 70.4 Å². The largest absolute Gasteiger partial charge is 0.495 e. The van der Waals surface area contributed by atoms with Gasteiger partial charge >= 0.3 is 6.18 Å². The first-order valence-corrected chi connectivity index (χ1v) is 12.1. The van der Waals surface area contributed by atoms with Crippen LogP contribution in [-0.2, 0) is 19.3 Å². The number of hydrogen-bond acceptors (Lipinski definition) is 7. The number of nitrogens with one attached hydrogen (secondary N) is 3. The fourth-order valence-corrected chi connectivity index (χ4v) is 4.62. The predicted octanol–water partition coefficient (Wildman–Crippen LogP) is 4.34. The molecule has 0 aliphatic carbocycles. The second-order valence-electron chi connectivity index (χ2n) is 8.98. The van der Waals surface area contributed by atoms with E-state index in [0.717, 1.165) is 18.4 Å². The Morgan fingerprint density at radius 2 is 1.97 bits per heavy atom. The van der Waals surface area contributed by atoms with Gasteiger partial charge in [0.1, 0.15) is 17.1 Å². The molecule has 3 aromatic rings. The summed E-state index contributed by atoms with van der Waals surface area (Å²) in [4.78, 5) is 34.6. The zero-order valence-electron chi connectivity index (χ0n) is 20.5. The molecule has 0 atom stereocenters. The van der Waals surface area contributed by atoms with Crippen molar-refractivity contribution < 1.29 is 27.5 Å². The Hall–Kier alpha value is -4.35. The van der Waals surface area contributed by atoms with Crippen molar-refractivity contribution in [1.29, 1.82) is 0 Å². The number of likely N-dealkylation sites (tertiary alicyclic amines) is 1. The number of nitrogens with zero attached hydrogens (tertiary/aromatic N) is 3. The van der Waals surface area contributed by atoms with Crippen molar-refractivity contribution >= 4 is 29.3 Å². The maximum absolute atomic E-state index is 13.7. The van der Waals surface area contributed by atoms with E-state index in [2.05, 4.69) is 25.9 Å². The lowest BCUT2D eigenvalue weighted by Gasteiger charge is -2.18. The Bertz CT molecular complexity index is 1390. The van der Waals surface area contributed by atoms with Gasteiger partial charge in [-0.25, -0.2) is 4.98 Å².